The standard InChI is InChI=1S/C23H21FN2O5/c1-2-31-23(30)15-5-9-18(10-6-15)26-20(27)13-19(22(26)29)25(17-11-12-17)21(28)14-3-7-16(24)8-4-14/h3-10,17,19H,2,11-13H2,1H3. The lowest BCUT2D eigenvalue weighted by atomic mass is 10.1. The Balaban J connectivity index is 1.57. The molecule has 1 saturated heterocycles. The molecule has 1 unspecified atom stereocenters. The van der Waals surface area contributed by atoms with Crippen molar-refractivity contribution in [3.05, 3.63) is 65.5 Å². The monoisotopic (exact) mass is 424 g/mol. The first-order valence-corrected chi connectivity index (χ1v) is 10.1. The van der Waals surface area contributed by atoms with Gasteiger partial charge in [0.05, 0.1) is 24.3 Å². The van der Waals surface area contributed by atoms with Crippen LogP contribution in [0.3, 0.4) is 0 Å². The molecule has 1 heterocycles. The second kappa shape index (κ2) is 8.29. The summed E-state index contributed by atoms with van der Waals surface area (Å²) in [4.78, 5) is 53.3. The molecule has 2 aromatic rings. The molecule has 1 saturated carbocycles. The van der Waals surface area contributed by atoms with E-state index < -0.39 is 35.5 Å². The molecular weight excluding hydrogens is 403 g/mol. The van der Waals surface area contributed by atoms with E-state index in [4.69, 9.17) is 4.74 Å². The molecule has 160 valence electrons. The second-order valence-corrected chi connectivity index (χ2v) is 7.51. The van der Waals surface area contributed by atoms with Crippen LogP contribution in [0.1, 0.15) is 46.9 Å². The van der Waals surface area contributed by atoms with Crippen molar-refractivity contribution in [3.63, 3.8) is 0 Å². The van der Waals surface area contributed by atoms with Gasteiger partial charge in [0, 0.05) is 11.6 Å². The first kappa shape index (κ1) is 20.7. The van der Waals surface area contributed by atoms with E-state index in [9.17, 15) is 23.6 Å². The number of anilines is 1. The summed E-state index contributed by atoms with van der Waals surface area (Å²) in [5, 5.41) is 0. The molecule has 1 aliphatic heterocycles. The molecule has 31 heavy (non-hydrogen) atoms. The fourth-order valence-electron chi connectivity index (χ4n) is 3.72. The van der Waals surface area contributed by atoms with Gasteiger partial charge in [-0.15, -0.1) is 0 Å². The van der Waals surface area contributed by atoms with Crippen molar-refractivity contribution in [2.75, 3.05) is 11.5 Å². The highest BCUT2D eigenvalue weighted by molar-refractivity contribution is 6.23. The molecule has 3 amide bonds. The van der Waals surface area contributed by atoms with Gasteiger partial charge in [-0.05, 0) is 68.3 Å². The minimum Gasteiger partial charge on any atom is -0.462 e. The molecule has 8 heteroatoms. The molecule has 0 spiro atoms. The number of carbonyl (C=O) groups is 4. The van der Waals surface area contributed by atoms with Gasteiger partial charge in [-0.1, -0.05) is 0 Å². The van der Waals surface area contributed by atoms with Crippen molar-refractivity contribution in [1.82, 2.24) is 4.90 Å². The zero-order chi connectivity index (χ0) is 22.1. The predicted octanol–water partition coefficient (Wildman–Crippen LogP) is 2.94. The number of esters is 1. The minimum absolute atomic E-state index is 0.120. The molecular formula is C23H21FN2O5. The van der Waals surface area contributed by atoms with Crippen LogP contribution in [0.5, 0.6) is 0 Å². The van der Waals surface area contributed by atoms with Crippen LogP contribution in [0, 0.1) is 5.82 Å². The molecule has 2 fully saturated rings. The normalized spacial score (nSPS) is 18.3. The molecule has 4 rings (SSSR count). The lowest BCUT2D eigenvalue weighted by Gasteiger charge is -2.27. The topological polar surface area (TPSA) is 84.0 Å². The SMILES string of the molecule is CCOC(=O)c1ccc(N2C(=O)CC(N(C(=O)c3ccc(F)cc3)C3CC3)C2=O)cc1. The van der Waals surface area contributed by atoms with E-state index in [1.54, 1.807) is 6.92 Å². The van der Waals surface area contributed by atoms with Gasteiger partial charge in [-0.25, -0.2) is 14.1 Å². The zero-order valence-electron chi connectivity index (χ0n) is 16.9. The van der Waals surface area contributed by atoms with Gasteiger partial charge < -0.3 is 9.64 Å². The van der Waals surface area contributed by atoms with Gasteiger partial charge >= 0.3 is 5.97 Å². The zero-order valence-corrected chi connectivity index (χ0v) is 16.9. The summed E-state index contributed by atoms with van der Waals surface area (Å²) in [6, 6.07) is 10.1. The summed E-state index contributed by atoms with van der Waals surface area (Å²) in [6.45, 7) is 1.94. The molecule has 7 nitrogen and oxygen atoms in total. The largest absolute Gasteiger partial charge is 0.462 e. The van der Waals surface area contributed by atoms with Crippen molar-refractivity contribution in [1.29, 1.82) is 0 Å². The number of ether oxygens (including phenoxy) is 1. The van der Waals surface area contributed by atoms with E-state index in [1.165, 1.54) is 53.4 Å². The van der Waals surface area contributed by atoms with E-state index >= 15 is 0 Å². The second-order valence-electron chi connectivity index (χ2n) is 7.51. The maximum Gasteiger partial charge on any atom is 0.338 e. The summed E-state index contributed by atoms with van der Waals surface area (Å²) >= 11 is 0. The van der Waals surface area contributed by atoms with Crippen molar-refractivity contribution in [2.24, 2.45) is 0 Å². The third-order valence-corrected chi connectivity index (χ3v) is 5.36. The minimum atomic E-state index is -0.915. The lowest BCUT2D eigenvalue weighted by molar-refractivity contribution is -0.122. The van der Waals surface area contributed by atoms with Crippen LogP contribution >= 0.6 is 0 Å². The van der Waals surface area contributed by atoms with Crippen molar-refractivity contribution < 1.29 is 28.3 Å². The Kier molecular flexibility index (Phi) is 5.54. The predicted molar refractivity (Wildman–Crippen MR) is 109 cm³/mol. The highest BCUT2D eigenvalue weighted by Gasteiger charge is 2.48. The third-order valence-electron chi connectivity index (χ3n) is 5.36. The highest BCUT2D eigenvalue weighted by atomic mass is 19.1. The molecule has 1 aliphatic carbocycles. The number of hydrogen-bond donors (Lipinski definition) is 0. The first-order valence-electron chi connectivity index (χ1n) is 10.1. The Labute approximate surface area is 178 Å². The van der Waals surface area contributed by atoms with Crippen LogP contribution in [0.4, 0.5) is 10.1 Å². The summed E-state index contributed by atoms with van der Waals surface area (Å²) in [5.74, 6) is -2.25. The summed E-state index contributed by atoms with van der Waals surface area (Å²) in [7, 11) is 0. The Bertz CT molecular complexity index is 1030. The smallest absolute Gasteiger partial charge is 0.338 e. The maximum absolute atomic E-state index is 13.2. The molecule has 2 aliphatic rings. The van der Waals surface area contributed by atoms with E-state index in [0.29, 0.717) is 11.3 Å². The summed E-state index contributed by atoms with van der Waals surface area (Å²) in [6.07, 6.45) is 1.38. The van der Waals surface area contributed by atoms with Crippen LogP contribution in [0.25, 0.3) is 0 Å². The third kappa shape index (κ3) is 4.05. The van der Waals surface area contributed by atoms with Crippen LogP contribution in [0.15, 0.2) is 48.5 Å². The Morgan fingerprint density at radius 2 is 1.65 bits per heavy atom. The van der Waals surface area contributed by atoms with Crippen molar-refractivity contribution in [2.45, 2.75) is 38.3 Å². The van der Waals surface area contributed by atoms with E-state index in [-0.39, 0.29) is 24.6 Å². The summed E-state index contributed by atoms with van der Waals surface area (Å²) < 4.78 is 18.2. The van der Waals surface area contributed by atoms with Crippen molar-refractivity contribution in [3.8, 4) is 0 Å². The van der Waals surface area contributed by atoms with Gasteiger partial charge in [0.15, 0.2) is 0 Å². The number of rotatable bonds is 6. The Morgan fingerprint density at radius 3 is 2.23 bits per heavy atom. The molecule has 0 aromatic heterocycles. The van der Waals surface area contributed by atoms with E-state index in [2.05, 4.69) is 0 Å². The van der Waals surface area contributed by atoms with Crippen molar-refractivity contribution >= 4 is 29.4 Å². The first-order chi connectivity index (χ1) is 14.9. The Hall–Kier alpha value is -3.55. The van der Waals surface area contributed by atoms with Gasteiger partial charge in [0.2, 0.25) is 5.91 Å². The fraction of sp³-hybridized carbons (Fsp3) is 0.304. The molecule has 2 aromatic carbocycles. The van der Waals surface area contributed by atoms with Gasteiger partial charge in [0.1, 0.15) is 11.9 Å². The average molecular weight is 424 g/mol. The van der Waals surface area contributed by atoms with Crippen LogP contribution in [-0.4, -0.2) is 47.3 Å². The molecule has 0 N–H and O–H groups in total. The summed E-state index contributed by atoms with van der Waals surface area (Å²) in [5.41, 5.74) is 0.911. The van der Waals surface area contributed by atoms with Crippen LogP contribution < -0.4 is 4.90 Å². The number of amides is 3. The van der Waals surface area contributed by atoms with Crippen LogP contribution in [-0.2, 0) is 14.3 Å². The number of benzene rings is 2. The van der Waals surface area contributed by atoms with Crippen LogP contribution in [0.2, 0.25) is 0 Å². The van der Waals surface area contributed by atoms with Gasteiger partial charge in [-0.3, -0.25) is 14.4 Å². The number of carbonyl (C=O) groups excluding carboxylic acids is 4. The number of hydrogen-bond acceptors (Lipinski definition) is 5. The molecule has 0 bridgehead atoms. The number of nitrogens with zero attached hydrogens (tertiary/aromatic N) is 2. The highest BCUT2D eigenvalue weighted by Crippen LogP contribution is 2.35. The quantitative estimate of drug-likeness (QED) is 0.526. The lowest BCUT2D eigenvalue weighted by Crippen LogP contribution is -2.46. The molecule has 1 atom stereocenters. The number of imide groups is 1. The average Bonchev–Trinajstić information content (AvgIpc) is 3.55. The maximum atomic E-state index is 13.2. The Morgan fingerprint density at radius 1 is 1.03 bits per heavy atom. The van der Waals surface area contributed by atoms with Gasteiger partial charge in [-0.2, -0.15) is 0 Å². The fourth-order valence-corrected chi connectivity index (χ4v) is 3.72. The van der Waals surface area contributed by atoms with E-state index in [0.717, 1.165) is 17.7 Å². The number of halogens is 1. The van der Waals surface area contributed by atoms with Gasteiger partial charge in [0.25, 0.3) is 11.8 Å². The molecule has 0 radical (unpaired) electrons. The van der Waals surface area contributed by atoms with E-state index in [1.807, 2.05) is 0 Å².